The Labute approximate surface area is 136 Å². The highest BCUT2D eigenvalue weighted by molar-refractivity contribution is 6.03. The van der Waals surface area contributed by atoms with Gasteiger partial charge in [-0.05, 0) is 38.0 Å². The molecule has 0 spiro atoms. The SMILES string of the molecule is CCOC(=O)CCN1C(=O)C(CC)(CC)Oc2ccc(N)cc21. The van der Waals surface area contributed by atoms with Crippen LogP contribution in [-0.4, -0.2) is 30.6 Å². The molecule has 0 fully saturated rings. The molecule has 0 bridgehead atoms. The van der Waals surface area contributed by atoms with Crippen molar-refractivity contribution in [3.05, 3.63) is 18.2 Å². The maximum atomic E-state index is 13.0. The third-order valence-corrected chi connectivity index (χ3v) is 4.20. The first kappa shape index (κ1) is 17.1. The number of nitrogen functional groups attached to an aromatic ring is 1. The molecule has 0 unspecified atom stereocenters. The van der Waals surface area contributed by atoms with E-state index in [1.54, 1.807) is 30.0 Å². The summed E-state index contributed by atoms with van der Waals surface area (Å²) in [7, 11) is 0. The fourth-order valence-electron chi connectivity index (χ4n) is 2.80. The number of hydrogen-bond donors (Lipinski definition) is 1. The van der Waals surface area contributed by atoms with Crippen LogP contribution in [0.15, 0.2) is 18.2 Å². The Morgan fingerprint density at radius 1 is 1.30 bits per heavy atom. The zero-order valence-corrected chi connectivity index (χ0v) is 13.9. The highest BCUT2D eigenvalue weighted by Gasteiger charge is 2.45. The van der Waals surface area contributed by atoms with E-state index in [4.69, 9.17) is 15.2 Å². The van der Waals surface area contributed by atoms with E-state index in [0.29, 0.717) is 36.6 Å². The van der Waals surface area contributed by atoms with Crippen molar-refractivity contribution in [1.82, 2.24) is 0 Å². The Balaban J connectivity index is 2.35. The monoisotopic (exact) mass is 320 g/mol. The highest BCUT2D eigenvalue weighted by atomic mass is 16.5. The second-order valence-electron chi connectivity index (χ2n) is 5.54. The van der Waals surface area contributed by atoms with Crippen LogP contribution in [0.25, 0.3) is 0 Å². The first-order chi connectivity index (χ1) is 11.0. The van der Waals surface area contributed by atoms with Crippen molar-refractivity contribution in [3.63, 3.8) is 0 Å². The topological polar surface area (TPSA) is 81.9 Å². The van der Waals surface area contributed by atoms with Crippen LogP contribution in [0.1, 0.15) is 40.0 Å². The number of benzene rings is 1. The normalized spacial score (nSPS) is 15.8. The van der Waals surface area contributed by atoms with Gasteiger partial charge in [0, 0.05) is 12.2 Å². The zero-order valence-electron chi connectivity index (χ0n) is 13.9. The van der Waals surface area contributed by atoms with Crippen molar-refractivity contribution in [2.75, 3.05) is 23.8 Å². The maximum absolute atomic E-state index is 13.0. The standard InChI is InChI=1S/C17H24N2O4/c1-4-17(5-2)16(21)19(10-9-15(20)22-6-3)13-11-12(18)7-8-14(13)23-17/h7-8,11H,4-6,9-10,18H2,1-3H3. The number of anilines is 2. The molecular formula is C17H24N2O4. The predicted molar refractivity (Wildman–Crippen MR) is 88.4 cm³/mol. The van der Waals surface area contributed by atoms with Gasteiger partial charge in [0.05, 0.1) is 18.7 Å². The van der Waals surface area contributed by atoms with Gasteiger partial charge >= 0.3 is 5.97 Å². The molecule has 1 aromatic carbocycles. The Bertz CT molecular complexity index is 596. The van der Waals surface area contributed by atoms with Crippen molar-refractivity contribution in [2.24, 2.45) is 0 Å². The van der Waals surface area contributed by atoms with E-state index in [0.717, 1.165) is 0 Å². The van der Waals surface area contributed by atoms with Crippen molar-refractivity contribution >= 4 is 23.3 Å². The van der Waals surface area contributed by atoms with E-state index in [1.165, 1.54) is 0 Å². The van der Waals surface area contributed by atoms with Crippen molar-refractivity contribution in [2.45, 2.75) is 45.6 Å². The van der Waals surface area contributed by atoms with E-state index in [2.05, 4.69) is 0 Å². The van der Waals surface area contributed by atoms with Crippen LogP contribution in [0.3, 0.4) is 0 Å². The van der Waals surface area contributed by atoms with Gasteiger partial charge < -0.3 is 20.1 Å². The molecule has 1 aromatic rings. The average molecular weight is 320 g/mol. The fraction of sp³-hybridized carbons (Fsp3) is 0.529. The van der Waals surface area contributed by atoms with E-state index < -0.39 is 5.60 Å². The Morgan fingerprint density at radius 3 is 2.61 bits per heavy atom. The van der Waals surface area contributed by atoms with Crippen LogP contribution in [0.2, 0.25) is 0 Å². The number of rotatable bonds is 6. The van der Waals surface area contributed by atoms with E-state index in [-0.39, 0.29) is 24.8 Å². The lowest BCUT2D eigenvalue weighted by atomic mass is 9.92. The summed E-state index contributed by atoms with van der Waals surface area (Å²) >= 11 is 0. The molecule has 0 aromatic heterocycles. The second-order valence-corrected chi connectivity index (χ2v) is 5.54. The van der Waals surface area contributed by atoms with Crippen LogP contribution in [0.5, 0.6) is 5.75 Å². The minimum atomic E-state index is -0.891. The molecule has 0 radical (unpaired) electrons. The number of esters is 1. The third-order valence-electron chi connectivity index (χ3n) is 4.20. The van der Waals surface area contributed by atoms with Crippen LogP contribution in [-0.2, 0) is 14.3 Å². The minimum absolute atomic E-state index is 0.134. The smallest absolute Gasteiger partial charge is 0.307 e. The lowest BCUT2D eigenvalue weighted by Gasteiger charge is -2.42. The Morgan fingerprint density at radius 2 is 2.00 bits per heavy atom. The molecule has 1 aliphatic rings. The molecule has 2 N–H and O–H groups in total. The first-order valence-electron chi connectivity index (χ1n) is 8.03. The quantitative estimate of drug-likeness (QED) is 0.643. The average Bonchev–Trinajstić information content (AvgIpc) is 2.54. The van der Waals surface area contributed by atoms with Gasteiger partial charge in [0.25, 0.3) is 5.91 Å². The minimum Gasteiger partial charge on any atom is -0.475 e. The summed E-state index contributed by atoms with van der Waals surface area (Å²) in [4.78, 5) is 26.2. The molecule has 2 rings (SSSR count). The number of carbonyl (C=O) groups excluding carboxylic acids is 2. The number of amides is 1. The molecule has 1 amide bonds. The summed E-state index contributed by atoms with van der Waals surface area (Å²) in [5.41, 5.74) is 6.10. The molecule has 6 heteroatoms. The van der Waals surface area contributed by atoms with Crippen molar-refractivity contribution in [1.29, 1.82) is 0 Å². The molecule has 1 aliphatic heterocycles. The molecular weight excluding hydrogens is 296 g/mol. The van der Waals surface area contributed by atoms with Gasteiger partial charge in [0.15, 0.2) is 5.60 Å². The fourth-order valence-corrected chi connectivity index (χ4v) is 2.80. The van der Waals surface area contributed by atoms with Gasteiger partial charge in [-0.25, -0.2) is 0 Å². The van der Waals surface area contributed by atoms with Gasteiger partial charge in [0.2, 0.25) is 0 Å². The molecule has 0 saturated heterocycles. The summed E-state index contributed by atoms with van der Waals surface area (Å²) in [5, 5.41) is 0. The molecule has 1 heterocycles. The van der Waals surface area contributed by atoms with Crippen LogP contribution < -0.4 is 15.4 Å². The van der Waals surface area contributed by atoms with E-state index >= 15 is 0 Å². The van der Waals surface area contributed by atoms with Crippen LogP contribution in [0.4, 0.5) is 11.4 Å². The molecule has 126 valence electrons. The van der Waals surface area contributed by atoms with Gasteiger partial charge in [-0.15, -0.1) is 0 Å². The summed E-state index contributed by atoms with van der Waals surface area (Å²) in [5.74, 6) is 0.159. The van der Waals surface area contributed by atoms with Crippen molar-refractivity contribution in [3.8, 4) is 5.75 Å². The van der Waals surface area contributed by atoms with Gasteiger partial charge in [-0.1, -0.05) is 13.8 Å². The third kappa shape index (κ3) is 3.25. The lowest BCUT2D eigenvalue weighted by molar-refractivity contribution is -0.143. The number of fused-ring (bicyclic) bond motifs is 1. The molecule has 0 atom stereocenters. The number of ether oxygens (including phenoxy) is 2. The Kier molecular flexibility index (Phi) is 5.13. The Hall–Kier alpha value is -2.24. The van der Waals surface area contributed by atoms with Crippen LogP contribution in [0, 0.1) is 0 Å². The maximum Gasteiger partial charge on any atom is 0.307 e. The summed E-state index contributed by atoms with van der Waals surface area (Å²) in [6.07, 6.45) is 1.25. The zero-order chi connectivity index (χ0) is 17.0. The van der Waals surface area contributed by atoms with Crippen LogP contribution >= 0.6 is 0 Å². The summed E-state index contributed by atoms with van der Waals surface area (Å²) in [6.45, 7) is 6.18. The molecule has 0 aliphatic carbocycles. The summed E-state index contributed by atoms with van der Waals surface area (Å²) < 4.78 is 11.0. The van der Waals surface area contributed by atoms with Crippen molar-refractivity contribution < 1.29 is 19.1 Å². The lowest BCUT2D eigenvalue weighted by Crippen LogP contribution is -2.56. The number of carbonyl (C=O) groups is 2. The first-order valence-corrected chi connectivity index (χ1v) is 8.03. The largest absolute Gasteiger partial charge is 0.475 e. The van der Waals surface area contributed by atoms with Gasteiger partial charge in [0.1, 0.15) is 5.75 Å². The van der Waals surface area contributed by atoms with E-state index in [1.807, 2.05) is 13.8 Å². The highest BCUT2D eigenvalue weighted by Crippen LogP contribution is 2.41. The predicted octanol–water partition coefficient (Wildman–Crippen LogP) is 2.51. The van der Waals surface area contributed by atoms with Gasteiger partial charge in [-0.2, -0.15) is 0 Å². The molecule has 0 saturated carbocycles. The van der Waals surface area contributed by atoms with E-state index in [9.17, 15) is 9.59 Å². The number of nitrogens with two attached hydrogens (primary N) is 1. The number of nitrogens with zero attached hydrogens (tertiary/aromatic N) is 1. The summed E-state index contributed by atoms with van der Waals surface area (Å²) in [6, 6.07) is 5.22. The number of hydrogen-bond acceptors (Lipinski definition) is 5. The van der Waals surface area contributed by atoms with Gasteiger partial charge in [-0.3, -0.25) is 9.59 Å². The second kappa shape index (κ2) is 6.89. The molecule has 23 heavy (non-hydrogen) atoms. The molecule has 6 nitrogen and oxygen atoms in total.